The van der Waals surface area contributed by atoms with Crippen LogP contribution in [0.4, 0.5) is 0 Å². The lowest BCUT2D eigenvalue weighted by Gasteiger charge is -2.38. The molecule has 1 rings (SSSR count). The van der Waals surface area contributed by atoms with Crippen molar-refractivity contribution < 1.29 is 0 Å². The molecule has 2 unspecified atom stereocenters. The van der Waals surface area contributed by atoms with Gasteiger partial charge < -0.3 is 4.90 Å². The van der Waals surface area contributed by atoms with E-state index in [0.29, 0.717) is 6.04 Å². The van der Waals surface area contributed by atoms with Gasteiger partial charge in [0, 0.05) is 19.1 Å². The minimum absolute atomic E-state index is 0.549. The van der Waals surface area contributed by atoms with E-state index in [1.54, 1.807) is 0 Å². The van der Waals surface area contributed by atoms with Crippen molar-refractivity contribution in [3.8, 4) is 0 Å². The number of nitrogens with one attached hydrogen (secondary N) is 1. The maximum atomic E-state index is 5.53. The second-order valence-electron chi connectivity index (χ2n) is 4.53. The highest BCUT2D eigenvalue weighted by Crippen LogP contribution is 2.21. The third-order valence-electron chi connectivity index (χ3n) is 3.00. The Kier molecular flexibility index (Phi) is 4.88. The Bertz CT molecular complexity index is 215. The van der Waals surface area contributed by atoms with Gasteiger partial charge in [-0.25, -0.2) is 5.84 Å². The lowest BCUT2D eigenvalue weighted by atomic mass is 9.95. The molecule has 0 saturated carbocycles. The number of nitrogens with zero attached hydrogens (tertiary/aromatic N) is 2. The molecule has 15 heavy (non-hydrogen) atoms. The summed E-state index contributed by atoms with van der Waals surface area (Å²) in [5, 5.41) is 0. The van der Waals surface area contributed by atoms with Gasteiger partial charge in [0.2, 0.25) is 5.96 Å². The Morgan fingerprint density at radius 2 is 2.20 bits per heavy atom. The van der Waals surface area contributed by atoms with E-state index in [1.165, 1.54) is 12.8 Å². The van der Waals surface area contributed by atoms with Crippen molar-refractivity contribution in [1.82, 2.24) is 10.3 Å². The molecule has 2 atom stereocenters. The summed E-state index contributed by atoms with van der Waals surface area (Å²) in [6.07, 6.45) is 3.60. The molecule has 4 heteroatoms. The quantitative estimate of drug-likeness (QED) is 0.314. The van der Waals surface area contributed by atoms with Crippen LogP contribution >= 0.6 is 0 Å². The van der Waals surface area contributed by atoms with E-state index in [0.717, 1.165) is 31.4 Å². The van der Waals surface area contributed by atoms with E-state index < -0.39 is 0 Å². The summed E-state index contributed by atoms with van der Waals surface area (Å²) < 4.78 is 0. The normalized spacial score (nSPS) is 28.0. The number of guanidine groups is 1. The Morgan fingerprint density at radius 1 is 1.47 bits per heavy atom. The second kappa shape index (κ2) is 5.95. The fourth-order valence-electron chi connectivity index (χ4n) is 2.02. The lowest BCUT2D eigenvalue weighted by Crippen LogP contribution is -2.52. The van der Waals surface area contributed by atoms with Gasteiger partial charge in [0.05, 0.1) is 0 Å². The number of likely N-dealkylation sites (tertiary alicyclic amines) is 1. The molecule has 1 aliphatic heterocycles. The van der Waals surface area contributed by atoms with Crippen molar-refractivity contribution in [3.63, 3.8) is 0 Å². The average Bonchev–Trinajstić information content (AvgIpc) is 2.24. The van der Waals surface area contributed by atoms with Crippen LogP contribution in [0.2, 0.25) is 0 Å². The molecule has 0 radical (unpaired) electrons. The van der Waals surface area contributed by atoms with Crippen molar-refractivity contribution in [2.45, 2.75) is 46.1 Å². The molecule has 1 aliphatic rings. The molecule has 0 spiro atoms. The Balaban J connectivity index is 2.64. The summed E-state index contributed by atoms with van der Waals surface area (Å²) >= 11 is 0. The first-order valence-electron chi connectivity index (χ1n) is 5.96. The van der Waals surface area contributed by atoms with Crippen LogP contribution in [-0.4, -0.2) is 30.0 Å². The van der Waals surface area contributed by atoms with E-state index in [4.69, 9.17) is 5.84 Å². The zero-order valence-electron chi connectivity index (χ0n) is 10.2. The SMILES string of the molecule is CCCN=C(NN)N1CC(C)CCC1C. The van der Waals surface area contributed by atoms with Gasteiger partial charge in [0.1, 0.15) is 0 Å². The van der Waals surface area contributed by atoms with Gasteiger partial charge in [0.15, 0.2) is 0 Å². The zero-order chi connectivity index (χ0) is 11.3. The number of hydrazine groups is 1. The number of nitrogens with two attached hydrogens (primary N) is 1. The molecule has 0 bridgehead atoms. The maximum absolute atomic E-state index is 5.53. The number of rotatable bonds is 2. The third kappa shape index (κ3) is 3.38. The maximum Gasteiger partial charge on any atom is 0.208 e. The smallest absolute Gasteiger partial charge is 0.208 e. The van der Waals surface area contributed by atoms with Crippen LogP contribution in [0.3, 0.4) is 0 Å². The molecule has 1 heterocycles. The van der Waals surface area contributed by atoms with Gasteiger partial charge in [-0.1, -0.05) is 13.8 Å². The molecule has 0 aromatic heterocycles. The highest BCUT2D eigenvalue weighted by Gasteiger charge is 2.24. The average molecular weight is 212 g/mol. The first kappa shape index (κ1) is 12.3. The summed E-state index contributed by atoms with van der Waals surface area (Å²) in [5.74, 6) is 7.12. The van der Waals surface area contributed by atoms with Crippen LogP contribution in [0.5, 0.6) is 0 Å². The molecule has 88 valence electrons. The fraction of sp³-hybridized carbons (Fsp3) is 0.909. The van der Waals surface area contributed by atoms with Gasteiger partial charge in [-0.2, -0.15) is 0 Å². The van der Waals surface area contributed by atoms with Crippen LogP contribution in [0.25, 0.3) is 0 Å². The first-order valence-corrected chi connectivity index (χ1v) is 5.96. The number of aliphatic imine (C=N–C) groups is 1. The second-order valence-corrected chi connectivity index (χ2v) is 4.53. The van der Waals surface area contributed by atoms with Crippen molar-refractivity contribution in [1.29, 1.82) is 0 Å². The van der Waals surface area contributed by atoms with E-state index in [2.05, 4.69) is 36.1 Å². The molecule has 0 aromatic carbocycles. The van der Waals surface area contributed by atoms with Crippen LogP contribution in [0.15, 0.2) is 4.99 Å². The summed E-state index contributed by atoms with van der Waals surface area (Å²) in [4.78, 5) is 6.77. The zero-order valence-corrected chi connectivity index (χ0v) is 10.2. The fourth-order valence-corrected chi connectivity index (χ4v) is 2.02. The van der Waals surface area contributed by atoms with Crippen LogP contribution in [0.1, 0.15) is 40.0 Å². The summed E-state index contributed by atoms with van der Waals surface area (Å²) in [6, 6.07) is 0.549. The predicted molar refractivity (Wildman–Crippen MR) is 64.5 cm³/mol. The number of piperidine rings is 1. The molecule has 0 aliphatic carbocycles. The summed E-state index contributed by atoms with van der Waals surface area (Å²) in [6.45, 7) is 8.56. The minimum atomic E-state index is 0.549. The van der Waals surface area contributed by atoms with Gasteiger partial charge in [-0.3, -0.25) is 10.4 Å². The first-order chi connectivity index (χ1) is 7.19. The van der Waals surface area contributed by atoms with Gasteiger partial charge >= 0.3 is 0 Å². The molecule has 0 amide bonds. The Morgan fingerprint density at radius 3 is 2.80 bits per heavy atom. The predicted octanol–water partition coefficient (Wildman–Crippen LogP) is 1.34. The van der Waals surface area contributed by atoms with E-state index in [9.17, 15) is 0 Å². The van der Waals surface area contributed by atoms with Crippen molar-refractivity contribution in [3.05, 3.63) is 0 Å². The molecular formula is C11H24N4. The van der Waals surface area contributed by atoms with Crippen LogP contribution < -0.4 is 11.3 Å². The largest absolute Gasteiger partial charge is 0.339 e. The van der Waals surface area contributed by atoms with Gasteiger partial charge in [-0.15, -0.1) is 0 Å². The van der Waals surface area contributed by atoms with Gasteiger partial charge in [-0.05, 0) is 32.1 Å². The summed E-state index contributed by atoms with van der Waals surface area (Å²) in [5.41, 5.74) is 2.73. The molecule has 3 N–H and O–H groups in total. The highest BCUT2D eigenvalue weighted by atomic mass is 15.4. The molecule has 0 aromatic rings. The van der Waals surface area contributed by atoms with Crippen molar-refractivity contribution >= 4 is 5.96 Å². The van der Waals surface area contributed by atoms with E-state index in [1.807, 2.05) is 0 Å². The third-order valence-corrected chi connectivity index (χ3v) is 3.00. The lowest BCUT2D eigenvalue weighted by molar-refractivity contribution is 0.201. The van der Waals surface area contributed by atoms with Gasteiger partial charge in [0.25, 0.3) is 0 Å². The number of hydrogen-bond acceptors (Lipinski definition) is 2. The van der Waals surface area contributed by atoms with E-state index >= 15 is 0 Å². The Labute approximate surface area is 92.9 Å². The highest BCUT2D eigenvalue weighted by molar-refractivity contribution is 5.79. The van der Waals surface area contributed by atoms with Crippen molar-refractivity contribution in [2.24, 2.45) is 16.8 Å². The van der Waals surface area contributed by atoms with Crippen LogP contribution in [-0.2, 0) is 0 Å². The number of hydrogen-bond donors (Lipinski definition) is 2. The van der Waals surface area contributed by atoms with Crippen molar-refractivity contribution in [2.75, 3.05) is 13.1 Å². The van der Waals surface area contributed by atoms with Crippen LogP contribution in [0, 0.1) is 5.92 Å². The molecule has 1 saturated heterocycles. The Hall–Kier alpha value is -0.770. The molecule has 1 fully saturated rings. The molecular weight excluding hydrogens is 188 g/mol. The monoisotopic (exact) mass is 212 g/mol. The topological polar surface area (TPSA) is 53.6 Å². The molecule has 4 nitrogen and oxygen atoms in total. The minimum Gasteiger partial charge on any atom is -0.339 e. The van der Waals surface area contributed by atoms with E-state index in [-0.39, 0.29) is 0 Å². The standard InChI is InChI=1S/C11H24N4/c1-4-7-13-11(14-12)15-8-9(2)5-6-10(15)3/h9-10H,4-8,12H2,1-3H3,(H,13,14). The summed E-state index contributed by atoms with van der Waals surface area (Å²) in [7, 11) is 0.